The van der Waals surface area contributed by atoms with Gasteiger partial charge < -0.3 is 16.0 Å². The maximum Gasteiger partial charge on any atom is 0.281 e. The lowest BCUT2D eigenvalue weighted by Crippen LogP contribution is -2.30. The summed E-state index contributed by atoms with van der Waals surface area (Å²) in [4.78, 5) is 26.7. The molecule has 1 amide bonds. The summed E-state index contributed by atoms with van der Waals surface area (Å²) in [5.41, 5.74) is 8.35. The van der Waals surface area contributed by atoms with E-state index >= 15 is 0 Å². The van der Waals surface area contributed by atoms with Crippen LogP contribution in [0.5, 0.6) is 0 Å². The van der Waals surface area contributed by atoms with Crippen LogP contribution in [0.3, 0.4) is 0 Å². The number of nitrogens with zero attached hydrogens (tertiary/aromatic N) is 1. The Hall–Kier alpha value is -4.02. The second-order valence-corrected chi connectivity index (χ2v) is 8.65. The van der Waals surface area contributed by atoms with Crippen molar-refractivity contribution in [1.29, 1.82) is 0 Å². The Balaban J connectivity index is 1.68. The Kier molecular flexibility index (Phi) is 5.71. The van der Waals surface area contributed by atoms with Gasteiger partial charge in [-0.3, -0.25) is 4.79 Å². The van der Waals surface area contributed by atoms with Gasteiger partial charge in [-0.2, -0.15) is 0 Å². The Morgan fingerprint density at radius 1 is 1.00 bits per heavy atom. The molecule has 0 spiro atoms. The number of aromatic nitrogens is 1. The number of benzene rings is 3. The number of carbonyl (C=O) groups is 1. The second-order valence-electron chi connectivity index (χ2n) is 6.97. The molecule has 0 bridgehead atoms. The van der Waals surface area contributed by atoms with Gasteiger partial charge in [0.2, 0.25) is 0 Å². The normalized spacial score (nSPS) is 11.3. The van der Waals surface area contributed by atoms with Gasteiger partial charge in [-0.1, -0.05) is 30.3 Å². The molecular formula is C22H19N5O4S. The molecule has 0 aliphatic rings. The summed E-state index contributed by atoms with van der Waals surface area (Å²) in [5, 5.41) is 6.72. The zero-order valence-electron chi connectivity index (χ0n) is 16.7. The SMILES string of the molecule is NCc1ccc(Nc2ccc(N=O)c3[nH]c(C(=O)NS(=O)(=O)c4ccccc4)cc23)cc1. The minimum atomic E-state index is -4.06. The van der Waals surface area contributed by atoms with Gasteiger partial charge in [0.15, 0.2) is 0 Å². The predicted molar refractivity (Wildman–Crippen MR) is 122 cm³/mol. The van der Waals surface area contributed by atoms with Crippen LogP contribution in [0, 0.1) is 4.91 Å². The molecule has 0 atom stereocenters. The molecule has 9 nitrogen and oxygen atoms in total. The Morgan fingerprint density at radius 3 is 2.38 bits per heavy atom. The molecule has 3 aromatic carbocycles. The fourth-order valence-corrected chi connectivity index (χ4v) is 4.21. The first-order chi connectivity index (χ1) is 15.4. The van der Waals surface area contributed by atoms with E-state index in [9.17, 15) is 18.1 Å². The fraction of sp³-hybridized carbons (Fsp3) is 0.0455. The molecule has 0 radical (unpaired) electrons. The lowest BCUT2D eigenvalue weighted by Gasteiger charge is -2.09. The van der Waals surface area contributed by atoms with Crippen LogP contribution in [0.15, 0.2) is 82.9 Å². The molecule has 4 rings (SSSR count). The molecule has 0 unspecified atom stereocenters. The third-order valence-corrected chi connectivity index (χ3v) is 6.21. The van der Waals surface area contributed by atoms with Crippen LogP contribution in [0.25, 0.3) is 10.9 Å². The Labute approximate surface area is 183 Å². The number of nitrogens with one attached hydrogen (secondary N) is 3. The number of sulfonamides is 1. The van der Waals surface area contributed by atoms with Crippen molar-refractivity contribution in [2.24, 2.45) is 10.9 Å². The van der Waals surface area contributed by atoms with Crippen LogP contribution >= 0.6 is 0 Å². The van der Waals surface area contributed by atoms with Crippen molar-refractivity contribution in [1.82, 2.24) is 9.71 Å². The molecule has 32 heavy (non-hydrogen) atoms. The summed E-state index contributed by atoms with van der Waals surface area (Å²) >= 11 is 0. The number of rotatable bonds is 7. The van der Waals surface area contributed by atoms with E-state index in [0.717, 1.165) is 11.3 Å². The maximum absolute atomic E-state index is 12.7. The topological polar surface area (TPSA) is 147 Å². The van der Waals surface area contributed by atoms with Gasteiger partial charge in [-0.05, 0) is 53.2 Å². The molecule has 0 saturated carbocycles. The van der Waals surface area contributed by atoms with Crippen LogP contribution in [0.1, 0.15) is 16.1 Å². The highest BCUT2D eigenvalue weighted by atomic mass is 32.2. The van der Waals surface area contributed by atoms with E-state index in [2.05, 4.69) is 15.5 Å². The molecule has 0 aliphatic carbocycles. The first kappa shape index (κ1) is 21.2. The van der Waals surface area contributed by atoms with Gasteiger partial charge in [0.25, 0.3) is 15.9 Å². The number of nitrogens with two attached hydrogens (primary N) is 1. The molecule has 1 aromatic heterocycles. The third-order valence-electron chi connectivity index (χ3n) is 4.86. The van der Waals surface area contributed by atoms with Gasteiger partial charge in [-0.25, -0.2) is 13.1 Å². The van der Waals surface area contributed by atoms with Crippen LogP contribution in [-0.4, -0.2) is 19.3 Å². The average molecular weight is 449 g/mol. The standard InChI is InChI=1S/C22H19N5O4S/c23-13-14-6-8-15(9-7-14)24-18-10-11-19(26-29)21-17(18)12-20(25-21)22(28)27-32(30,31)16-4-2-1-3-5-16/h1-12,24-25H,13,23H2,(H,27,28). The molecule has 1 heterocycles. The molecule has 0 saturated heterocycles. The van der Waals surface area contributed by atoms with Crippen LogP contribution in [0.4, 0.5) is 17.1 Å². The summed E-state index contributed by atoms with van der Waals surface area (Å²) in [6.45, 7) is 0.423. The largest absolute Gasteiger partial charge is 0.355 e. The lowest BCUT2D eigenvalue weighted by molar-refractivity contribution is 0.0977. The van der Waals surface area contributed by atoms with Crippen LogP contribution in [-0.2, 0) is 16.6 Å². The molecule has 5 N–H and O–H groups in total. The van der Waals surface area contributed by atoms with Crippen molar-refractivity contribution in [3.63, 3.8) is 0 Å². The van der Waals surface area contributed by atoms with E-state index in [1.54, 1.807) is 24.3 Å². The number of nitroso groups, excluding NO2 is 1. The van der Waals surface area contributed by atoms with Crippen LogP contribution < -0.4 is 15.8 Å². The molecular weight excluding hydrogens is 430 g/mol. The van der Waals surface area contributed by atoms with Crippen LogP contribution in [0.2, 0.25) is 0 Å². The molecule has 4 aromatic rings. The molecule has 10 heteroatoms. The number of fused-ring (bicyclic) bond motifs is 1. The van der Waals surface area contributed by atoms with E-state index in [1.807, 2.05) is 29.0 Å². The average Bonchev–Trinajstić information content (AvgIpc) is 3.26. The van der Waals surface area contributed by atoms with Gasteiger partial charge in [-0.15, -0.1) is 4.91 Å². The van der Waals surface area contributed by atoms with E-state index in [4.69, 9.17) is 5.73 Å². The summed E-state index contributed by atoms with van der Waals surface area (Å²) in [6, 6.07) is 19.7. The summed E-state index contributed by atoms with van der Waals surface area (Å²) in [5.74, 6) is -0.861. The highest BCUT2D eigenvalue weighted by Gasteiger charge is 2.21. The zero-order chi connectivity index (χ0) is 22.7. The molecule has 0 fully saturated rings. The highest BCUT2D eigenvalue weighted by Crippen LogP contribution is 2.34. The number of hydrogen-bond donors (Lipinski definition) is 4. The van der Waals surface area contributed by atoms with Gasteiger partial charge in [0, 0.05) is 23.3 Å². The minimum Gasteiger partial charge on any atom is -0.355 e. The quantitative estimate of drug-likeness (QED) is 0.315. The number of carbonyl (C=O) groups excluding carboxylic acids is 1. The maximum atomic E-state index is 12.7. The van der Waals surface area contributed by atoms with E-state index in [-0.39, 0.29) is 16.3 Å². The van der Waals surface area contributed by atoms with Gasteiger partial charge in [0.1, 0.15) is 11.4 Å². The van der Waals surface area contributed by atoms with Crippen molar-refractivity contribution in [2.75, 3.05) is 5.32 Å². The highest BCUT2D eigenvalue weighted by molar-refractivity contribution is 7.90. The van der Waals surface area contributed by atoms with E-state index in [0.29, 0.717) is 23.1 Å². The number of H-pyrrole nitrogens is 1. The van der Waals surface area contributed by atoms with Gasteiger partial charge >= 0.3 is 0 Å². The van der Waals surface area contributed by atoms with Crippen molar-refractivity contribution >= 4 is 43.9 Å². The lowest BCUT2D eigenvalue weighted by atomic mass is 10.1. The fourth-order valence-electron chi connectivity index (χ4n) is 3.23. The summed E-state index contributed by atoms with van der Waals surface area (Å²) < 4.78 is 27.0. The molecule has 0 aliphatic heterocycles. The summed E-state index contributed by atoms with van der Waals surface area (Å²) in [7, 11) is -4.06. The van der Waals surface area contributed by atoms with Crippen molar-refractivity contribution in [2.45, 2.75) is 11.4 Å². The third kappa shape index (κ3) is 4.22. The number of aromatic amines is 1. The first-order valence-electron chi connectivity index (χ1n) is 9.58. The smallest absolute Gasteiger partial charge is 0.281 e. The zero-order valence-corrected chi connectivity index (χ0v) is 17.5. The number of hydrogen-bond acceptors (Lipinski definition) is 7. The number of amides is 1. The predicted octanol–water partition coefficient (Wildman–Crippen LogP) is 3.89. The van der Waals surface area contributed by atoms with Crippen molar-refractivity contribution < 1.29 is 13.2 Å². The van der Waals surface area contributed by atoms with E-state index < -0.39 is 15.9 Å². The van der Waals surface area contributed by atoms with Gasteiger partial charge in [0.05, 0.1) is 10.4 Å². The Bertz CT molecular complexity index is 1400. The summed E-state index contributed by atoms with van der Waals surface area (Å²) in [6.07, 6.45) is 0. The molecule has 162 valence electrons. The van der Waals surface area contributed by atoms with Crippen molar-refractivity contribution in [3.8, 4) is 0 Å². The minimum absolute atomic E-state index is 0.0304. The number of anilines is 2. The van der Waals surface area contributed by atoms with Crippen molar-refractivity contribution in [3.05, 3.63) is 89.0 Å². The second kappa shape index (κ2) is 8.61. The monoisotopic (exact) mass is 449 g/mol. The van der Waals surface area contributed by atoms with E-state index in [1.165, 1.54) is 24.3 Å². The Morgan fingerprint density at radius 2 is 1.72 bits per heavy atom. The first-order valence-corrected chi connectivity index (χ1v) is 11.1.